The van der Waals surface area contributed by atoms with Gasteiger partial charge in [-0.3, -0.25) is 0 Å². The number of halogens is 6. The standard InChI is InChI=1S/C42H53F6N2O3/c1-39(2)33-24-30(52-41(43,44)45)16-18-35(33)49(22-20-28-12-8-6-9-13-28)37(39)26-32(51-5)27-38-40(3,4)34-25-31(53-42(46,47)48)17-19-36(34)50(38)23-21-29-14-10-7-11-15-29/h16-19,24-29H,6-15,20-23H2,1-5H3/q+1. The van der Waals surface area contributed by atoms with Gasteiger partial charge in [-0.15, -0.1) is 26.3 Å². The normalized spacial score (nSPS) is 21.6. The van der Waals surface area contributed by atoms with Crippen molar-refractivity contribution in [1.29, 1.82) is 0 Å². The lowest BCUT2D eigenvalue weighted by Crippen LogP contribution is -2.30. The van der Waals surface area contributed by atoms with E-state index >= 15 is 0 Å². The lowest BCUT2D eigenvalue weighted by molar-refractivity contribution is -0.439. The Morgan fingerprint density at radius 2 is 1.30 bits per heavy atom. The first-order valence-electron chi connectivity index (χ1n) is 19.2. The van der Waals surface area contributed by atoms with Gasteiger partial charge in [0.1, 0.15) is 23.8 Å². The molecule has 0 atom stereocenters. The summed E-state index contributed by atoms with van der Waals surface area (Å²) in [5.41, 5.74) is 3.54. The fourth-order valence-electron chi connectivity index (χ4n) is 9.11. The van der Waals surface area contributed by atoms with E-state index in [0.717, 1.165) is 46.8 Å². The molecule has 2 aliphatic carbocycles. The molecule has 0 N–H and O–H groups in total. The van der Waals surface area contributed by atoms with E-state index in [1.54, 1.807) is 19.2 Å². The number of fused-ring (bicyclic) bond motifs is 2. The predicted molar refractivity (Wildman–Crippen MR) is 195 cm³/mol. The van der Waals surface area contributed by atoms with E-state index in [2.05, 4.69) is 18.9 Å². The molecule has 2 aromatic carbocycles. The zero-order valence-corrected chi connectivity index (χ0v) is 31.6. The quantitative estimate of drug-likeness (QED) is 0.130. The number of ether oxygens (including phenoxy) is 3. The van der Waals surface area contributed by atoms with E-state index in [1.165, 1.54) is 88.5 Å². The van der Waals surface area contributed by atoms with Gasteiger partial charge < -0.3 is 19.1 Å². The third-order valence-corrected chi connectivity index (χ3v) is 12.0. The average molecular weight is 748 g/mol. The summed E-state index contributed by atoms with van der Waals surface area (Å²) in [7, 11) is 1.59. The number of hydrogen-bond acceptors (Lipinski definition) is 4. The van der Waals surface area contributed by atoms with Crippen LogP contribution in [0.15, 0.2) is 60.0 Å². The fraction of sp³-hybridized carbons (Fsp3) is 0.595. The van der Waals surface area contributed by atoms with E-state index in [-0.39, 0.29) is 11.5 Å². The average Bonchev–Trinajstić information content (AvgIpc) is 3.43. The Morgan fingerprint density at radius 1 is 0.755 bits per heavy atom. The van der Waals surface area contributed by atoms with Gasteiger partial charge in [0.25, 0.3) is 0 Å². The monoisotopic (exact) mass is 747 g/mol. The van der Waals surface area contributed by atoms with Crippen molar-refractivity contribution in [3.05, 3.63) is 71.1 Å². The van der Waals surface area contributed by atoms with Crippen molar-refractivity contribution in [3.63, 3.8) is 0 Å². The van der Waals surface area contributed by atoms with Gasteiger partial charge in [-0.25, -0.2) is 0 Å². The van der Waals surface area contributed by atoms with Crippen LogP contribution in [-0.4, -0.2) is 43.2 Å². The van der Waals surface area contributed by atoms with Crippen molar-refractivity contribution < 1.29 is 45.1 Å². The number of benzene rings is 2. The zero-order valence-electron chi connectivity index (χ0n) is 31.6. The van der Waals surface area contributed by atoms with Crippen molar-refractivity contribution in [2.45, 2.75) is 128 Å². The SMILES string of the molecule is COC(=C\C1=[N+](CCC2CCCCC2)c2ccc(OC(F)(F)F)cc2C1(C)C)/C=C1/N(CCC2CCCCC2)c2ccc(OC(F)(F)F)cc2C1(C)C. The lowest BCUT2D eigenvalue weighted by atomic mass is 9.81. The Hall–Kier alpha value is -3.63. The number of allylic oxidation sites excluding steroid dienone is 3. The minimum atomic E-state index is -4.81. The summed E-state index contributed by atoms with van der Waals surface area (Å²) >= 11 is 0. The zero-order chi connectivity index (χ0) is 38.2. The van der Waals surface area contributed by atoms with Crippen molar-refractivity contribution in [1.82, 2.24) is 0 Å². The van der Waals surface area contributed by atoms with Crippen molar-refractivity contribution in [2.24, 2.45) is 11.8 Å². The van der Waals surface area contributed by atoms with Crippen LogP contribution in [0.2, 0.25) is 0 Å². The highest BCUT2D eigenvalue weighted by molar-refractivity contribution is 6.03. The van der Waals surface area contributed by atoms with Crippen LogP contribution in [0.25, 0.3) is 0 Å². The van der Waals surface area contributed by atoms with Crippen molar-refractivity contribution in [2.75, 3.05) is 25.1 Å². The maximum atomic E-state index is 13.3. The van der Waals surface area contributed by atoms with Crippen LogP contribution in [0.1, 0.15) is 116 Å². The molecule has 53 heavy (non-hydrogen) atoms. The molecule has 0 spiro atoms. The largest absolute Gasteiger partial charge is 0.573 e. The van der Waals surface area contributed by atoms with Crippen LogP contribution in [0.4, 0.5) is 37.7 Å². The van der Waals surface area contributed by atoms with Gasteiger partial charge in [0, 0.05) is 53.5 Å². The number of alkyl halides is 6. The van der Waals surface area contributed by atoms with E-state index in [0.29, 0.717) is 30.7 Å². The lowest BCUT2D eigenvalue weighted by Gasteiger charge is -2.30. The van der Waals surface area contributed by atoms with E-state index < -0.39 is 23.6 Å². The first-order chi connectivity index (χ1) is 25.0. The molecule has 11 heteroatoms. The first-order valence-corrected chi connectivity index (χ1v) is 19.2. The van der Waals surface area contributed by atoms with Gasteiger partial charge in [-0.1, -0.05) is 78.1 Å². The molecule has 0 amide bonds. The molecular weight excluding hydrogens is 694 g/mol. The molecule has 2 saturated carbocycles. The fourth-order valence-corrected chi connectivity index (χ4v) is 9.11. The van der Waals surface area contributed by atoms with Crippen LogP contribution >= 0.6 is 0 Å². The molecule has 0 radical (unpaired) electrons. The Bertz CT molecular complexity index is 1730. The first kappa shape index (κ1) is 39.1. The second-order valence-electron chi connectivity index (χ2n) is 16.3. The molecule has 0 aromatic heterocycles. The summed E-state index contributed by atoms with van der Waals surface area (Å²) in [6, 6.07) is 9.17. The van der Waals surface area contributed by atoms with Crippen LogP contribution in [-0.2, 0) is 15.6 Å². The van der Waals surface area contributed by atoms with E-state index in [1.807, 2.05) is 39.8 Å². The van der Waals surface area contributed by atoms with Crippen molar-refractivity contribution in [3.8, 4) is 11.5 Å². The highest BCUT2D eigenvalue weighted by Gasteiger charge is 2.47. The Morgan fingerprint density at radius 3 is 1.87 bits per heavy atom. The minimum absolute atomic E-state index is 0.260. The van der Waals surface area contributed by atoms with Crippen LogP contribution in [0, 0.1) is 11.8 Å². The number of nitrogens with zero attached hydrogens (tertiary/aromatic N) is 2. The summed E-state index contributed by atoms with van der Waals surface area (Å²) in [5, 5.41) is 0. The topological polar surface area (TPSA) is 33.9 Å². The minimum Gasteiger partial charge on any atom is -0.496 e. The summed E-state index contributed by atoms with van der Waals surface area (Å²) in [4.78, 5) is 2.22. The Balaban J connectivity index is 1.41. The molecule has 2 aliphatic heterocycles. The molecule has 2 heterocycles. The Kier molecular flexibility index (Phi) is 11.2. The number of anilines is 1. The van der Waals surface area contributed by atoms with Gasteiger partial charge >= 0.3 is 12.7 Å². The Labute approximate surface area is 309 Å². The summed E-state index contributed by atoms with van der Waals surface area (Å²) in [5.74, 6) is 1.19. The van der Waals surface area contributed by atoms with E-state index in [9.17, 15) is 26.3 Å². The highest BCUT2D eigenvalue weighted by atomic mass is 19.4. The number of rotatable bonds is 11. The predicted octanol–water partition coefficient (Wildman–Crippen LogP) is 12.0. The molecular formula is C42H53F6N2O3+. The van der Waals surface area contributed by atoms with Gasteiger partial charge in [0.15, 0.2) is 5.71 Å². The molecule has 5 nitrogen and oxygen atoms in total. The number of hydrogen-bond donors (Lipinski definition) is 0. The number of methoxy groups -OCH3 is 1. The highest BCUT2D eigenvalue weighted by Crippen LogP contribution is 2.50. The summed E-state index contributed by atoms with van der Waals surface area (Å²) < 4.78 is 96.8. The molecule has 2 aromatic rings. The third kappa shape index (κ3) is 8.86. The second kappa shape index (κ2) is 15.2. The third-order valence-electron chi connectivity index (χ3n) is 12.0. The maximum absolute atomic E-state index is 13.3. The summed E-state index contributed by atoms with van der Waals surface area (Å²) in [6.07, 6.45) is 8.27. The molecule has 290 valence electrons. The van der Waals surface area contributed by atoms with Gasteiger partial charge in [0.2, 0.25) is 5.69 Å². The van der Waals surface area contributed by atoms with Crippen molar-refractivity contribution >= 4 is 17.1 Å². The molecule has 0 saturated heterocycles. The second-order valence-corrected chi connectivity index (χ2v) is 16.3. The molecule has 4 aliphatic rings. The van der Waals surface area contributed by atoms with Gasteiger partial charge in [-0.2, -0.15) is 4.58 Å². The summed E-state index contributed by atoms with van der Waals surface area (Å²) in [6.45, 7) is 9.42. The molecule has 0 bridgehead atoms. The molecule has 6 rings (SSSR count). The van der Waals surface area contributed by atoms with Gasteiger partial charge in [-0.05, 0) is 68.0 Å². The molecule has 2 fully saturated rings. The van der Waals surface area contributed by atoms with E-state index in [4.69, 9.17) is 4.74 Å². The maximum Gasteiger partial charge on any atom is 0.573 e. The van der Waals surface area contributed by atoms with Crippen LogP contribution in [0.5, 0.6) is 11.5 Å². The van der Waals surface area contributed by atoms with Gasteiger partial charge in [0.05, 0.1) is 12.5 Å². The van der Waals surface area contributed by atoms with Crippen LogP contribution < -0.4 is 14.4 Å². The smallest absolute Gasteiger partial charge is 0.496 e. The molecule has 0 unspecified atom stereocenters. The van der Waals surface area contributed by atoms with Crippen LogP contribution in [0.3, 0.4) is 0 Å².